The van der Waals surface area contributed by atoms with Crippen molar-refractivity contribution in [3.05, 3.63) is 56.9 Å². The highest BCUT2D eigenvalue weighted by atomic mass is 35.5. The number of hydrogen-bond acceptors (Lipinski definition) is 6. The molecule has 2 aromatic heterocycles. The van der Waals surface area contributed by atoms with Crippen molar-refractivity contribution < 1.29 is 14.3 Å². The van der Waals surface area contributed by atoms with Gasteiger partial charge in [0.25, 0.3) is 0 Å². The van der Waals surface area contributed by atoms with Gasteiger partial charge in [-0.15, -0.1) is 11.3 Å². The first kappa shape index (κ1) is 21.2. The van der Waals surface area contributed by atoms with Crippen molar-refractivity contribution >= 4 is 45.3 Å². The van der Waals surface area contributed by atoms with Crippen molar-refractivity contribution in [2.24, 2.45) is 5.92 Å². The summed E-state index contributed by atoms with van der Waals surface area (Å²) in [5, 5.41) is 2.59. The van der Waals surface area contributed by atoms with Gasteiger partial charge in [-0.05, 0) is 48.3 Å². The zero-order valence-electron chi connectivity index (χ0n) is 16.7. The number of nitrogens with two attached hydrogens (primary N) is 1. The molecule has 3 aromatic rings. The minimum atomic E-state index is 0.104. The number of carbonyl (C=O) groups is 1. The van der Waals surface area contributed by atoms with Gasteiger partial charge in [-0.3, -0.25) is 4.79 Å². The van der Waals surface area contributed by atoms with Crippen LogP contribution in [0.4, 0.5) is 5.82 Å². The lowest BCUT2D eigenvalue weighted by atomic mass is 10.0. The van der Waals surface area contributed by atoms with Crippen LogP contribution in [-0.4, -0.2) is 30.6 Å². The minimum Gasteiger partial charge on any atom is -0.383 e. The maximum Gasteiger partial charge on any atom is 0.173 e. The quantitative estimate of drug-likeness (QED) is 0.478. The van der Waals surface area contributed by atoms with Gasteiger partial charge in [0.1, 0.15) is 5.82 Å². The molecule has 0 unspecified atom stereocenters. The molecule has 1 aliphatic rings. The van der Waals surface area contributed by atoms with E-state index < -0.39 is 0 Å². The van der Waals surface area contributed by atoms with E-state index in [1.54, 1.807) is 12.3 Å². The van der Waals surface area contributed by atoms with E-state index in [2.05, 4.69) is 11.1 Å². The average Bonchev–Trinajstić information content (AvgIpc) is 3.13. The molecule has 0 radical (unpaired) electrons. The Labute approximate surface area is 185 Å². The third-order valence-corrected chi connectivity index (χ3v) is 7.06. The van der Waals surface area contributed by atoms with Crippen LogP contribution in [0.15, 0.2) is 36.5 Å². The molecule has 1 aliphatic heterocycles. The standard InChI is InChI=1S/C23H25ClN2O3S/c24-19-12-21(30-22(19)14-29-13-16-6-9-28-10-7-16)20(27)4-2-15-1-3-18-17(11-15)5-8-26-23(18)25/h1,3,5,8,11-12,16H,2,4,6-7,9-10,13-14H2,(H2,25,26). The lowest BCUT2D eigenvalue weighted by Crippen LogP contribution is -2.19. The summed E-state index contributed by atoms with van der Waals surface area (Å²) >= 11 is 7.79. The number of benzene rings is 1. The number of halogens is 1. The molecule has 0 aliphatic carbocycles. The molecule has 1 saturated heterocycles. The lowest BCUT2D eigenvalue weighted by Gasteiger charge is -2.21. The summed E-state index contributed by atoms with van der Waals surface area (Å²) in [4.78, 5) is 18.4. The number of pyridine rings is 1. The van der Waals surface area contributed by atoms with Crippen LogP contribution < -0.4 is 5.73 Å². The van der Waals surface area contributed by atoms with E-state index >= 15 is 0 Å². The molecule has 1 aromatic carbocycles. The van der Waals surface area contributed by atoms with E-state index in [9.17, 15) is 4.79 Å². The number of rotatable bonds is 8. The fourth-order valence-electron chi connectivity index (χ4n) is 3.66. The maximum atomic E-state index is 12.7. The Hall–Kier alpha value is -1.99. The molecule has 30 heavy (non-hydrogen) atoms. The molecule has 158 valence electrons. The average molecular weight is 445 g/mol. The number of ketones is 1. The van der Waals surface area contributed by atoms with E-state index in [0.717, 1.165) is 47.3 Å². The Morgan fingerprint density at radius 3 is 2.93 bits per heavy atom. The first-order valence-electron chi connectivity index (χ1n) is 10.2. The molecular weight excluding hydrogens is 420 g/mol. The first-order chi connectivity index (χ1) is 14.6. The van der Waals surface area contributed by atoms with E-state index in [4.69, 9.17) is 26.8 Å². The Morgan fingerprint density at radius 2 is 2.10 bits per heavy atom. The summed E-state index contributed by atoms with van der Waals surface area (Å²) in [6.07, 6.45) is 4.89. The van der Waals surface area contributed by atoms with Gasteiger partial charge in [0.2, 0.25) is 0 Å². The number of fused-ring (bicyclic) bond motifs is 1. The molecule has 0 atom stereocenters. The normalized spacial score (nSPS) is 15.0. The maximum absolute atomic E-state index is 12.7. The molecule has 1 fully saturated rings. The second-order valence-corrected chi connectivity index (χ2v) is 9.17. The number of nitrogen functional groups attached to an aromatic ring is 1. The molecule has 2 N–H and O–H groups in total. The summed E-state index contributed by atoms with van der Waals surface area (Å²) in [5.74, 6) is 1.17. The van der Waals surface area contributed by atoms with E-state index in [1.807, 2.05) is 18.2 Å². The number of ether oxygens (including phenoxy) is 2. The Balaban J connectivity index is 1.32. The summed E-state index contributed by atoms with van der Waals surface area (Å²) in [5.41, 5.74) is 7.01. The summed E-state index contributed by atoms with van der Waals surface area (Å²) in [6, 6.07) is 9.74. The molecule has 4 rings (SSSR count). The molecule has 0 saturated carbocycles. The van der Waals surface area contributed by atoms with Crippen molar-refractivity contribution in [1.82, 2.24) is 4.98 Å². The van der Waals surface area contributed by atoms with Gasteiger partial charge >= 0.3 is 0 Å². The molecule has 0 bridgehead atoms. The van der Waals surface area contributed by atoms with Crippen molar-refractivity contribution in [1.29, 1.82) is 0 Å². The molecule has 0 spiro atoms. The number of hydrogen-bond donors (Lipinski definition) is 1. The predicted octanol–water partition coefficient (Wildman–Crippen LogP) is 5.29. The molecule has 3 heterocycles. The van der Waals surface area contributed by atoms with Crippen LogP contribution in [0.1, 0.15) is 39.4 Å². The SMILES string of the molecule is Nc1nccc2cc(CCC(=O)c3cc(Cl)c(COCC4CCOCC4)s3)ccc12. The number of aromatic nitrogens is 1. The van der Waals surface area contributed by atoms with Crippen LogP contribution in [0, 0.1) is 5.92 Å². The van der Waals surface area contributed by atoms with Crippen molar-refractivity contribution in [2.75, 3.05) is 25.6 Å². The van der Waals surface area contributed by atoms with Gasteiger partial charge in [0.15, 0.2) is 5.78 Å². The van der Waals surface area contributed by atoms with Crippen molar-refractivity contribution in [3.8, 4) is 0 Å². The highest BCUT2D eigenvalue weighted by Gasteiger charge is 2.17. The van der Waals surface area contributed by atoms with Gasteiger partial charge < -0.3 is 15.2 Å². The Morgan fingerprint density at radius 1 is 1.27 bits per heavy atom. The summed E-state index contributed by atoms with van der Waals surface area (Å²) in [7, 11) is 0. The van der Waals surface area contributed by atoms with Crippen LogP contribution in [0.3, 0.4) is 0 Å². The van der Waals surface area contributed by atoms with Crippen molar-refractivity contribution in [3.63, 3.8) is 0 Å². The highest BCUT2D eigenvalue weighted by Crippen LogP contribution is 2.30. The lowest BCUT2D eigenvalue weighted by molar-refractivity contribution is 0.0163. The monoisotopic (exact) mass is 444 g/mol. The minimum absolute atomic E-state index is 0.104. The fourth-order valence-corrected chi connectivity index (χ4v) is 4.96. The second kappa shape index (κ2) is 9.88. The third-order valence-electron chi connectivity index (χ3n) is 5.46. The van der Waals surface area contributed by atoms with Crippen LogP contribution in [0.2, 0.25) is 5.02 Å². The number of nitrogens with zero attached hydrogens (tertiary/aromatic N) is 1. The number of anilines is 1. The smallest absolute Gasteiger partial charge is 0.173 e. The predicted molar refractivity (Wildman–Crippen MR) is 121 cm³/mol. The van der Waals surface area contributed by atoms with Crippen LogP contribution in [0.25, 0.3) is 10.8 Å². The zero-order chi connectivity index (χ0) is 20.9. The Kier molecular flexibility index (Phi) is 7.00. The van der Waals surface area contributed by atoms with Gasteiger partial charge in [-0.25, -0.2) is 4.98 Å². The number of Topliss-reactive ketones (excluding diaryl/α,β-unsaturated/α-hetero) is 1. The second-order valence-electron chi connectivity index (χ2n) is 7.63. The van der Waals surface area contributed by atoms with E-state index in [-0.39, 0.29) is 5.78 Å². The first-order valence-corrected chi connectivity index (χ1v) is 11.4. The molecule has 7 heteroatoms. The summed E-state index contributed by atoms with van der Waals surface area (Å²) in [6.45, 7) is 2.79. The van der Waals surface area contributed by atoms with Crippen LogP contribution in [-0.2, 0) is 22.5 Å². The molecule has 0 amide bonds. The number of aryl methyl sites for hydroxylation is 1. The van der Waals surface area contributed by atoms with E-state index in [0.29, 0.717) is 47.7 Å². The van der Waals surface area contributed by atoms with Gasteiger partial charge in [0, 0.05) is 36.1 Å². The van der Waals surface area contributed by atoms with Crippen molar-refractivity contribution in [2.45, 2.75) is 32.3 Å². The topological polar surface area (TPSA) is 74.4 Å². The van der Waals surface area contributed by atoms with Crippen LogP contribution in [0.5, 0.6) is 0 Å². The highest BCUT2D eigenvalue weighted by molar-refractivity contribution is 7.14. The van der Waals surface area contributed by atoms with Gasteiger partial charge in [0.05, 0.1) is 23.1 Å². The summed E-state index contributed by atoms with van der Waals surface area (Å²) < 4.78 is 11.2. The number of thiophene rings is 1. The van der Waals surface area contributed by atoms with E-state index in [1.165, 1.54) is 11.3 Å². The Bertz CT molecular complexity index is 1030. The fraction of sp³-hybridized carbons (Fsp3) is 0.391. The third kappa shape index (κ3) is 5.19. The van der Waals surface area contributed by atoms with Gasteiger partial charge in [-0.2, -0.15) is 0 Å². The molecular formula is C23H25ClN2O3S. The zero-order valence-corrected chi connectivity index (χ0v) is 18.3. The van der Waals surface area contributed by atoms with Crippen LogP contribution >= 0.6 is 22.9 Å². The number of carbonyl (C=O) groups excluding carboxylic acids is 1. The van der Waals surface area contributed by atoms with Gasteiger partial charge in [-0.1, -0.05) is 29.8 Å². The largest absolute Gasteiger partial charge is 0.383 e. The molecule has 5 nitrogen and oxygen atoms in total.